The van der Waals surface area contributed by atoms with Crippen LogP contribution in [0.2, 0.25) is 0 Å². The summed E-state index contributed by atoms with van der Waals surface area (Å²) < 4.78 is 1.80. The number of benzene rings is 1. The Labute approximate surface area is 142 Å². The number of Topliss-reactive ketones (excluding diaryl/α,β-unsaturated/α-hetero) is 1. The summed E-state index contributed by atoms with van der Waals surface area (Å²) in [7, 11) is 0. The Hall–Kier alpha value is -2.33. The van der Waals surface area contributed by atoms with E-state index in [2.05, 4.69) is 11.6 Å². The zero-order chi connectivity index (χ0) is 16.8. The van der Waals surface area contributed by atoms with Crippen LogP contribution in [0.15, 0.2) is 66.4 Å². The van der Waals surface area contributed by atoms with Crippen LogP contribution in [0.4, 0.5) is 0 Å². The monoisotopic (exact) mass is 324 g/mol. The maximum atomic E-state index is 13.0. The minimum Gasteiger partial charge on any atom is -0.758 e. The molecule has 0 aliphatic heterocycles. The second kappa shape index (κ2) is 7.79. The lowest BCUT2D eigenvalue weighted by molar-refractivity contribution is -0.691. The van der Waals surface area contributed by atoms with E-state index in [-0.39, 0.29) is 5.78 Å². The number of nitrogens with zero attached hydrogens (tertiary/aromatic N) is 2. The molecule has 0 unspecified atom stereocenters. The summed E-state index contributed by atoms with van der Waals surface area (Å²) in [6.45, 7) is 8.07. The van der Waals surface area contributed by atoms with Gasteiger partial charge in [0.25, 0.3) is 0 Å². The number of hydrogen-bond donors (Lipinski definition) is 0. The molecule has 1 heterocycles. The summed E-state index contributed by atoms with van der Waals surface area (Å²) in [5, 5.41) is 0.365. The second-order valence-electron chi connectivity index (χ2n) is 5.36. The van der Waals surface area contributed by atoms with E-state index in [1.807, 2.05) is 62.6 Å². The van der Waals surface area contributed by atoms with Crippen LogP contribution in [0, 0.1) is 13.8 Å². The fraction of sp³-hybridized carbons (Fsp3) is 0.211. The molecule has 3 nitrogen and oxygen atoms in total. The van der Waals surface area contributed by atoms with Gasteiger partial charge in [-0.1, -0.05) is 24.3 Å². The summed E-state index contributed by atoms with van der Waals surface area (Å²) in [6.07, 6.45) is 5.33. The Morgan fingerprint density at radius 3 is 2.57 bits per heavy atom. The van der Waals surface area contributed by atoms with Gasteiger partial charge in [-0.2, -0.15) is 4.57 Å². The predicted molar refractivity (Wildman–Crippen MR) is 95.8 cm³/mol. The van der Waals surface area contributed by atoms with Crippen LogP contribution in [0.25, 0.3) is 0 Å². The van der Waals surface area contributed by atoms with Crippen molar-refractivity contribution in [1.29, 1.82) is 0 Å². The number of carbonyl (C=O) groups excluding carboxylic acids is 1. The maximum Gasteiger partial charge on any atom is 0.237 e. The fourth-order valence-corrected chi connectivity index (χ4v) is 2.56. The molecule has 0 aliphatic carbocycles. The minimum absolute atomic E-state index is 0.0536. The van der Waals surface area contributed by atoms with E-state index >= 15 is 0 Å². The zero-order valence-electron chi connectivity index (χ0n) is 13.4. The molecule has 4 heteroatoms. The van der Waals surface area contributed by atoms with Crippen molar-refractivity contribution in [3.05, 3.63) is 78.1 Å². The first kappa shape index (κ1) is 17.0. The first-order valence-electron chi connectivity index (χ1n) is 7.44. The van der Waals surface area contributed by atoms with Crippen molar-refractivity contribution in [3.8, 4) is 0 Å². The SMILES string of the molecule is C=CCN=C([S-])[C@H](C(=O)c1ccc(C)c(C)c1)[n+]1ccccc1. The molecule has 0 amide bonds. The van der Waals surface area contributed by atoms with Gasteiger partial charge in [0.1, 0.15) is 0 Å². The van der Waals surface area contributed by atoms with E-state index in [1.54, 1.807) is 10.6 Å². The predicted octanol–water partition coefficient (Wildman–Crippen LogP) is 3.15. The first-order valence-corrected chi connectivity index (χ1v) is 7.85. The average Bonchev–Trinajstić information content (AvgIpc) is 2.56. The topological polar surface area (TPSA) is 33.3 Å². The highest BCUT2D eigenvalue weighted by atomic mass is 32.1. The maximum absolute atomic E-state index is 13.0. The summed E-state index contributed by atoms with van der Waals surface area (Å²) >= 11 is 5.40. The van der Waals surface area contributed by atoms with Gasteiger partial charge in [0, 0.05) is 17.7 Å². The summed E-state index contributed by atoms with van der Waals surface area (Å²) in [4.78, 5) is 17.3. The Bertz CT molecular complexity index is 738. The van der Waals surface area contributed by atoms with Crippen LogP contribution < -0.4 is 4.57 Å². The lowest BCUT2D eigenvalue weighted by Crippen LogP contribution is -2.47. The first-order chi connectivity index (χ1) is 11.0. The summed E-state index contributed by atoms with van der Waals surface area (Å²) in [6, 6.07) is 10.7. The number of hydrogen-bond acceptors (Lipinski definition) is 3. The average molecular weight is 324 g/mol. The molecule has 0 aliphatic rings. The number of rotatable bonds is 6. The third-order valence-corrected chi connectivity index (χ3v) is 4.04. The van der Waals surface area contributed by atoms with Crippen molar-refractivity contribution in [3.63, 3.8) is 0 Å². The van der Waals surface area contributed by atoms with E-state index in [4.69, 9.17) is 12.6 Å². The number of aryl methyl sites for hydroxylation is 2. The van der Waals surface area contributed by atoms with E-state index in [0.29, 0.717) is 17.2 Å². The Kier molecular flexibility index (Phi) is 5.77. The van der Waals surface area contributed by atoms with Crippen molar-refractivity contribution in [2.45, 2.75) is 19.9 Å². The molecule has 1 aromatic heterocycles. The van der Waals surface area contributed by atoms with Crippen LogP contribution in [-0.4, -0.2) is 17.4 Å². The molecular formula is C19H20N2OS. The van der Waals surface area contributed by atoms with Crippen LogP contribution in [0.1, 0.15) is 27.5 Å². The van der Waals surface area contributed by atoms with Crippen molar-refractivity contribution in [2.24, 2.45) is 4.99 Å². The number of pyridine rings is 1. The van der Waals surface area contributed by atoms with E-state index < -0.39 is 6.04 Å². The lowest BCUT2D eigenvalue weighted by atomic mass is 9.99. The largest absolute Gasteiger partial charge is 0.758 e. The second-order valence-corrected chi connectivity index (χ2v) is 5.77. The number of aromatic nitrogens is 1. The Morgan fingerprint density at radius 1 is 1.26 bits per heavy atom. The van der Waals surface area contributed by atoms with Crippen molar-refractivity contribution in [2.75, 3.05) is 6.54 Å². The highest BCUT2D eigenvalue weighted by Gasteiger charge is 2.28. The van der Waals surface area contributed by atoms with Gasteiger partial charge in [-0.05, 0) is 36.1 Å². The van der Waals surface area contributed by atoms with Crippen LogP contribution >= 0.6 is 0 Å². The molecule has 23 heavy (non-hydrogen) atoms. The van der Waals surface area contributed by atoms with Gasteiger partial charge in [0.05, 0.1) is 6.54 Å². The Morgan fingerprint density at radius 2 is 1.96 bits per heavy atom. The molecule has 1 atom stereocenters. The van der Waals surface area contributed by atoms with Gasteiger partial charge in [-0.3, -0.25) is 4.79 Å². The highest BCUT2D eigenvalue weighted by Crippen LogP contribution is 2.15. The van der Waals surface area contributed by atoms with Crippen molar-refractivity contribution in [1.82, 2.24) is 0 Å². The zero-order valence-corrected chi connectivity index (χ0v) is 14.2. The molecular weight excluding hydrogens is 304 g/mol. The standard InChI is InChI=1S/C19H20N2OS/c1-4-10-20-19(23)17(21-11-6-5-7-12-21)18(22)16-9-8-14(2)15(3)13-16/h4-9,11-13,17H,1,10H2,2-3H3/t17-/m0/s1. The molecule has 118 valence electrons. The molecule has 0 saturated heterocycles. The van der Waals surface area contributed by atoms with Gasteiger partial charge >= 0.3 is 0 Å². The number of aliphatic imine (C=N–C) groups is 1. The minimum atomic E-state index is -0.617. The molecule has 2 aromatic rings. The third kappa shape index (κ3) is 4.11. The van der Waals surface area contributed by atoms with E-state index in [0.717, 1.165) is 11.1 Å². The summed E-state index contributed by atoms with van der Waals surface area (Å²) in [5.74, 6) is -0.0536. The normalized spacial score (nSPS) is 12.7. The smallest absolute Gasteiger partial charge is 0.237 e. The molecule has 1 aromatic carbocycles. The Balaban J connectivity index is 2.46. The van der Waals surface area contributed by atoms with E-state index in [1.165, 1.54) is 0 Å². The molecule has 0 radical (unpaired) electrons. The van der Waals surface area contributed by atoms with Crippen molar-refractivity contribution >= 4 is 23.5 Å². The molecule has 0 N–H and O–H groups in total. The third-order valence-electron chi connectivity index (χ3n) is 3.69. The van der Waals surface area contributed by atoms with Crippen molar-refractivity contribution < 1.29 is 9.36 Å². The lowest BCUT2D eigenvalue weighted by Gasteiger charge is -2.18. The van der Waals surface area contributed by atoms with Gasteiger partial charge in [0.2, 0.25) is 11.8 Å². The molecule has 0 spiro atoms. The van der Waals surface area contributed by atoms with Crippen LogP contribution in [0.3, 0.4) is 0 Å². The quantitative estimate of drug-likeness (QED) is 0.204. The molecule has 0 saturated carbocycles. The van der Waals surface area contributed by atoms with Gasteiger partial charge < -0.3 is 17.6 Å². The number of carbonyl (C=O) groups is 1. The summed E-state index contributed by atoms with van der Waals surface area (Å²) in [5.41, 5.74) is 2.89. The van der Waals surface area contributed by atoms with Gasteiger partial charge in [0.15, 0.2) is 12.4 Å². The fourth-order valence-electron chi connectivity index (χ4n) is 2.25. The van der Waals surface area contributed by atoms with E-state index in [9.17, 15) is 4.79 Å². The van der Waals surface area contributed by atoms with Gasteiger partial charge in [-0.25, -0.2) is 0 Å². The van der Waals surface area contributed by atoms with Gasteiger partial charge in [-0.15, -0.1) is 6.58 Å². The molecule has 2 rings (SSSR count). The molecule has 0 fully saturated rings. The highest BCUT2D eigenvalue weighted by molar-refractivity contribution is 7.77. The number of ketones is 1. The van der Waals surface area contributed by atoms with Crippen LogP contribution in [0.5, 0.6) is 0 Å². The van der Waals surface area contributed by atoms with Crippen LogP contribution in [-0.2, 0) is 12.6 Å². The molecule has 0 bridgehead atoms.